The Hall–Kier alpha value is -1.72. The van der Waals surface area contributed by atoms with Crippen molar-refractivity contribution < 1.29 is 14.1 Å². The SMILES string of the molecule is O=C1CCOCC1c1nc(Cc2ccc(Cl)cc2)no1. The number of benzene rings is 1. The van der Waals surface area contributed by atoms with Gasteiger partial charge in [0.2, 0.25) is 5.89 Å². The largest absolute Gasteiger partial charge is 0.380 e. The molecule has 5 nitrogen and oxygen atoms in total. The number of rotatable bonds is 3. The molecule has 6 heteroatoms. The van der Waals surface area contributed by atoms with Gasteiger partial charge in [0.15, 0.2) is 5.82 Å². The van der Waals surface area contributed by atoms with Crippen molar-refractivity contribution in [1.29, 1.82) is 0 Å². The van der Waals surface area contributed by atoms with E-state index < -0.39 is 5.92 Å². The first kappa shape index (κ1) is 13.3. The molecule has 2 aromatic rings. The van der Waals surface area contributed by atoms with Crippen molar-refractivity contribution in [3.8, 4) is 0 Å². The van der Waals surface area contributed by atoms with Gasteiger partial charge in [-0.15, -0.1) is 0 Å². The van der Waals surface area contributed by atoms with Crippen molar-refractivity contribution in [2.24, 2.45) is 0 Å². The lowest BCUT2D eigenvalue weighted by atomic mass is 10.0. The highest BCUT2D eigenvalue weighted by Gasteiger charge is 2.29. The maximum absolute atomic E-state index is 11.8. The number of Topliss-reactive ketones (excluding diaryl/α,β-unsaturated/α-hetero) is 1. The molecule has 0 radical (unpaired) electrons. The number of hydrogen-bond donors (Lipinski definition) is 0. The van der Waals surface area contributed by atoms with E-state index in [-0.39, 0.29) is 5.78 Å². The highest BCUT2D eigenvalue weighted by atomic mass is 35.5. The van der Waals surface area contributed by atoms with E-state index >= 15 is 0 Å². The standard InChI is InChI=1S/C14H13ClN2O3/c15-10-3-1-9(2-4-10)7-13-16-14(20-17-13)11-8-19-6-5-12(11)18/h1-4,11H,5-8H2. The molecule has 0 N–H and O–H groups in total. The predicted molar refractivity (Wildman–Crippen MR) is 71.7 cm³/mol. The van der Waals surface area contributed by atoms with Crippen molar-refractivity contribution in [1.82, 2.24) is 10.1 Å². The summed E-state index contributed by atoms with van der Waals surface area (Å²) in [6.45, 7) is 0.794. The molecule has 0 aliphatic carbocycles. The summed E-state index contributed by atoms with van der Waals surface area (Å²) in [5.41, 5.74) is 1.04. The van der Waals surface area contributed by atoms with Crippen LogP contribution in [0.5, 0.6) is 0 Å². The van der Waals surface area contributed by atoms with Gasteiger partial charge < -0.3 is 9.26 Å². The molecule has 0 amide bonds. The lowest BCUT2D eigenvalue weighted by Gasteiger charge is -2.17. The summed E-state index contributed by atoms with van der Waals surface area (Å²) in [6.07, 6.45) is 0.946. The molecule has 0 saturated carbocycles. The Morgan fingerprint density at radius 2 is 2.10 bits per heavy atom. The van der Waals surface area contributed by atoms with E-state index in [9.17, 15) is 4.79 Å². The zero-order valence-electron chi connectivity index (χ0n) is 10.7. The summed E-state index contributed by atoms with van der Waals surface area (Å²) in [4.78, 5) is 16.1. The fraction of sp³-hybridized carbons (Fsp3) is 0.357. The molecule has 1 saturated heterocycles. The Balaban J connectivity index is 1.73. The van der Waals surface area contributed by atoms with Crippen LogP contribution in [0.3, 0.4) is 0 Å². The second-order valence-electron chi connectivity index (χ2n) is 4.70. The Bertz CT molecular complexity index is 609. The van der Waals surface area contributed by atoms with Crippen LogP contribution in [0.1, 0.15) is 29.6 Å². The first-order valence-corrected chi connectivity index (χ1v) is 6.77. The molecule has 1 aliphatic rings. The monoisotopic (exact) mass is 292 g/mol. The maximum atomic E-state index is 11.8. The maximum Gasteiger partial charge on any atom is 0.239 e. The molecule has 1 unspecified atom stereocenters. The van der Waals surface area contributed by atoms with Gasteiger partial charge >= 0.3 is 0 Å². The third-order valence-corrected chi connectivity index (χ3v) is 3.48. The van der Waals surface area contributed by atoms with Crippen molar-refractivity contribution in [2.75, 3.05) is 13.2 Å². The van der Waals surface area contributed by atoms with Crippen molar-refractivity contribution in [2.45, 2.75) is 18.8 Å². The molecule has 0 bridgehead atoms. The third kappa shape index (κ3) is 2.89. The number of ether oxygens (including phenoxy) is 1. The van der Waals surface area contributed by atoms with Gasteiger partial charge in [0.05, 0.1) is 13.2 Å². The lowest BCUT2D eigenvalue weighted by molar-refractivity contribution is -0.127. The predicted octanol–water partition coefficient (Wildman–Crippen LogP) is 2.39. The van der Waals surface area contributed by atoms with E-state index in [1.807, 2.05) is 24.3 Å². The van der Waals surface area contributed by atoms with E-state index in [0.29, 0.717) is 42.8 Å². The van der Waals surface area contributed by atoms with E-state index in [1.54, 1.807) is 0 Å². The number of carbonyl (C=O) groups is 1. The molecule has 0 spiro atoms. The van der Waals surface area contributed by atoms with Crippen LogP contribution in [0.4, 0.5) is 0 Å². The summed E-state index contributed by atoms with van der Waals surface area (Å²) in [6, 6.07) is 7.45. The Kier molecular flexibility index (Phi) is 3.80. The first-order chi connectivity index (χ1) is 9.72. The zero-order chi connectivity index (χ0) is 13.9. The van der Waals surface area contributed by atoms with E-state index in [2.05, 4.69) is 10.1 Å². The summed E-state index contributed by atoms with van der Waals surface area (Å²) < 4.78 is 10.5. The van der Waals surface area contributed by atoms with E-state index in [4.69, 9.17) is 20.9 Å². The van der Waals surface area contributed by atoms with Crippen LogP contribution < -0.4 is 0 Å². The molecule has 3 rings (SSSR count). The summed E-state index contributed by atoms with van der Waals surface area (Å²) in [7, 11) is 0. The first-order valence-electron chi connectivity index (χ1n) is 6.40. The second-order valence-corrected chi connectivity index (χ2v) is 5.13. The number of halogens is 1. The number of carbonyl (C=O) groups excluding carboxylic acids is 1. The van der Waals surface area contributed by atoms with Gasteiger partial charge in [-0.2, -0.15) is 4.98 Å². The topological polar surface area (TPSA) is 65.2 Å². The normalized spacial score (nSPS) is 19.2. The van der Waals surface area contributed by atoms with Crippen LogP contribution in [0, 0.1) is 0 Å². The molecule has 20 heavy (non-hydrogen) atoms. The zero-order valence-corrected chi connectivity index (χ0v) is 11.5. The second kappa shape index (κ2) is 5.73. The Morgan fingerprint density at radius 1 is 1.30 bits per heavy atom. The fourth-order valence-electron chi connectivity index (χ4n) is 2.12. The van der Waals surface area contributed by atoms with Gasteiger partial charge in [-0.25, -0.2) is 0 Å². The van der Waals surface area contributed by atoms with Crippen LogP contribution in [0.15, 0.2) is 28.8 Å². The summed E-state index contributed by atoms with van der Waals surface area (Å²) in [5.74, 6) is 0.576. The third-order valence-electron chi connectivity index (χ3n) is 3.22. The molecule has 1 atom stereocenters. The molecule has 104 valence electrons. The van der Waals surface area contributed by atoms with Crippen LogP contribution in [0.25, 0.3) is 0 Å². The van der Waals surface area contributed by atoms with Crippen LogP contribution in [0.2, 0.25) is 5.02 Å². The lowest BCUT2D eigenvalue weighted by Crippen LogP contribution is -2.25. The number of ketones is 1. The average Bonchev–Trinajstić information content (AvgIpc) is 2.90. The van der Waals surface area contributed by atoms with Crippen LogP contribution >= 0.6 is 11.6 Å². The van der Waals surface area contributed by atoms with Crippen LogP contribution in [-0.2, 0) is 16.0 Å². The molecule has 1 aromatic carbocycles. The highest BCUT2D eigenvalue weighted by Crippen LogP contribution is 2.21. The molecule has 1 fully saturated rings. The van der Waals surface area contributed by atoms with Gasteiger partial charge in [-0.05, 0) is 17.7 Å². The van der Waals surface area contributed by atoms with Crippen molar-refractivity contribution in [3.05, 3.63) is 46.6 Å². The molecule has 2 heterocycles. The quantitative estimate of drug-likeness (QED) is 0.869. The summed E-state index contributed by atoms with van der Waals surface area (Å²) >= 11 is 5.84. The van der Waals surface area contributed by atoms with Gasteiger partial charge in [0.25, 0.3) is 0 Å². The Labute approximate surface area is 120 Å². The fourth-order valence-corrected chi connectivity index (χ4v) is 2.24. The molecule has 1 aliphatic heterocycles. The van der Waals surface area contributed by atoms with Crippen molar-refractivity contribution in [3.63, 3.8) is 0 Å². The minimum absolute atomic E-state index is 0.0953. The minimum atomic E-state index is -0.421. The van der Waals surface area contributed by atoms with Gasteiger partial charge in [-0.1, -0.05) is 28.9 Å². The number of aromatic nitrogens is 2. The highest BCUT2D eigenvalue weighted by molar-refractivity contribution is 6.30. The Morgan fingerprint density at radius 3 is 2.85 bits per heavy atom. The van der Waals surface area contributed by atoms with E-state index in [1.165, 1.54) is 0 Å². The van der Waals surface area contributed by atoms with Gasteiger partial charge in [0.1, 0.15) is 11.7 Å². The van der Waals surface area contributed by atoms with E-state index in [0.717, 1.165) is 5.56 Å². The van der Waals surface area contributed by atoms with Crippen LogP contribution in [-0.4, -0.2) is 29.1 Å². The molecular weight excluding hydrogens is 280 g/mol. The number of hydrogen-bond acceptors (Lipinski definition) is 5. The van der Waals surface area contributed by atoms with Gasteiger partial charge in [0, 0.05) is 17.9 Å². The van der Waals surface area contributed by atoms with Crippen molar-refractivity contribution >= 4 is 17.4 Å². The minimum Gasteiger partial charge on any atom is -0.380 e. The average molecular weight is 293 g/mol. The molecular formula is C14H13ClN2O3. The van der Waals surface area contributed by atoms with Gasteiger partial charge in [-0.3, -0.25) is 4.79 Å². The summed E-state index contributed by atoms with van der Waals surface area (Å²) in [5, 5.41) is 4.60. The smallest absolute Gasteiger partial charge is 0.239 e. The molecule has 1 aromatic heterocycles. The number of nitrogens with zero attached hydrogens (tertiary/aromatic N) is 2.